The maximum absolute atomic E-state index is 11.1. The molecule has 0 aliphatic carbocycles. The Hall–Kier alpha value is -1.42. The molecule has 0 bridgehead atoms. The molecule has 112 valence electrons. The first-order valence-corrected chi connectivity index (χ1v) is 7.37. The molecule has 1 amide bonds. The van der Waals surface area contributed by atoms with Crippen LogP contribution in [-0.2, 0) is 11.2 Å². The molecule has 0 saturated carbocycles. The number of alkyl halides is 1. The number of amides is 1. The summed E-state index contributed by atoms with van der Waals surface area (Å²) in [6.07, 6.45) is 2.84. The van der Waals surface area contributed by atoms with E-state index in [9.17, 15) is 4.79 Å². The zero-order valence-electron chi connectivity index (χ0n) is 12.1. The normalized spacial score (nSPS) is 10.2. The molecule has 1 N–H and O–H groups in total. The highest BCUT2D eigenvalue weighted by atomic mass is 35.5. The van der Waals surface area contributed by atoms with E-state index in [-0.39, 0.29) is 11.8 Å². The number of rotatable bonds is 9. The van der Waals surface area contributed by atoms with Gasteiger partial charge >= 0.3 is 0 Å². The number of ether oxygens (including phenoxy) is 2. The van der Waals surface area contributed by atoms with E-state index in [4.69, 9.17) is 21.1 Å². The van der Waals surface area contributed by atoms with Gasteiger partial charge in [0, 0.05) is 6.54 Å². The van der Waals surface area contributed by atoms with Gasteiger partial charge in [-0.2, -0.15) is 0 Å². The van der Waals surface area contributed by atoms with Crippen molar-refractivity contribution in [3.05, 3.63) is 23.8 Å². The molecular weight excluding hydrogens is 278 g/mol. The van der Waals surface area contributed by atoms with Gasteiger partial charge in [0.25, 0.3) is 0 Å². The number of methoxy groups -OCH3 is 1. The molecule has 0 saturated heterocycles. The molecule has 0 spiro atoms. The first-order valence-electron chi connectivity index (χ1n) is 6.83. The second-order valence-electron chi connectivity index (χ2n) is 4.42. The average molecular weight is 300 g/mol. The average Bonchev–Trinajstić information content (AvgIpc) is 2.47. The van der Waals surface area contributed by atoms with Crippen LogP contribution in [-0.4, -0.2) is 32.0 Å². The Labute approximate surface area is 125 Å². The van der Waals surface area contributed by atoms with Crippen molar-refractivity contribution in [1.29, 1.82) is 0 Å². The van der Waals surface area contributed by atoms with E-state index in [0.717, 1.165) is 36.3 Å². The van der Waals surface area contributed by atoms with Gasteiger partial charge in [-0.05, 0) is 30.5 Å². The summed E-state index contributed by atoms with van der Waals surface area (Å²) in [6.45, 7) is 3.36. The van der Waals surface area contributed by atoms with Crippen molar-refractivity contribution in [1.82, 2.24) is 5.32 Å². The molecule has 0 aromatic heterocycles. The van der Waals surface area contributed by atoms with E-state index >= 15 is 0 Å². The Morgan fingerprint density at radius 2 is 2.15 bits per heavy atom. The molecule has 0 fully saturated rings. The molecule has 1 rings (SSSR count). The van der Waals surface area contributed by atoms with Crippen LogP contribution in [0, 0.1) is 0 Å². The Bertz CT molecular complexity index is 424. The van der Waals surface area contributed by atoms with Crippen molar-refractivity contribution in [2.24, 2.45) is 0 Å². The number of carbonyl (C=O) groups excluding carboxylic acids is 1. The van der Waals surface area contributed by atoms with E-state index in [2.05, 4.69) is 12.2 Å². The van der Waals surface area contributed by atoms with Gasteiger partial charge in [0.1, 0.15) is 5.88 Å². The van der Waals surface area contributed by atoms with Crippen LogP contribution < -0.4 is 14.8 Å². The first kappa shape index (κ1) is 16.6. The van der Waals surface area contributed by atoms with Crippen LogP contribution in [0.4, 0.5) is 0 Å². The molecular formula is C15H22ClNO3. The van der Waals surface area contributed by atoms with Gasteiger partial charge in [0.2, 0.25) is 5.91 Å². The Morgan fingerprint density at radius 1 is 1.35 bits per heavy atom. The quantitative estimate of drug-likeness (QED) is 0.563. The smallest absolute Gasteiger partial charge is 0.234 e. The summed E-state index contributed by atoms with van der Waals surface area (Å²) in [5, 5.41) is 2.74. The fourth-order valence-corrected chi connectivity index (χ4v) is 1.80. The third-order valence-electron chi connectivity index (χ3n) is 2.84. The van der Waals surface area contributed by atoms with Gasteiger partial charge in [0.15, 0.2) is 11.5 Å². The van der Waals surface area contributed by atoms with Crippen molar-refractivity contribution in [2.45, 2.75) is 26.2 Å². The van der Waals surface area contributed by atoms with Gasteiger partial charge in [-0.1, -0.05) is 19.4 Å². The van der Waals surface area contributed by atoms with E-state index < -0.39 is 0 Å². The topological polar surface area (TPSA) is 47.6 Å². The van der Waals surface area contributed by atoms with Crippen molar-refractivity contribution in [3.63, 3.8) is 0 Å². The Balaban J connectivity index is 2.59. The highest BCUT2D eigenvalue weighted by molar-refractivity contribution is 6.27. The SMILES string of the molecule is CCCCOc1cc(CCNC(=O)CCl)ccc1OC. The second-order valence-corrected chi connectivity index (χ2v) is 4.69. The molecule has 4 nitrogen and oxygen atoms in total. The lowest BCUT2D eigenvalue weighted by atomic mass is 10.1. The predicted molar refractivity (Wildman–Crippen MR) is 80.8 cm³/mol. The van der Waals surface area contributed by atoms with Crippen molar-refractivity contribution in [3.8, 4) is 11.5 Å². The van der Waals surface area contributed by atoms with Crippen molar-refractivity contribution < 1.29 is 14.3 Å². The van der Waals surface area contributed by atoms with Crippen LogP contribution >= 0.6 is 11.6 Å². The van der Waals surface area contributed by atoms with Gasteiger partial charge < -0.3 is 14.8 Å². The molecule has 0 unspecified atom stereocenters. The number of nitrogens with one attached hydrogen (secondary N) is 1. The molecule has 0 radical (unpaired) electrons. The van der Waals surface area contributed by atoms with E-state index in [0.29, 0.717) is 13.2 Å². The maximum atomic E-state index is 11.1. The monoisotopic (exact) mass is 299 g/mol. The van der Waals surface area contributed by atoms with Gasteiger partial charge in [-0.3, -0.25) is 4.79 Å². The van der Waals surface area contributed by atoms with Gasteiger partial charge in [-0.15, -0.1) is 11.6 Å². The molecule has 0 aliphatic heterocycles. The summed E-state index contributed by atoms with van der Waals surface area (Å²) in [5.41, 5.74) is 1.09. The van der Waals surface area contributed by atoms with Crippen LogP contribution in [0.3, 0.4) is 0 Å². The third kappa shape index (κ3) is 5.70. The molecule has 1 aromatic rings. The predicted octanol–water partition coefficient (Wildman–Crippen LogP) is 2.77. The summed E-state index contributed by atoms with van der Waals surface area (Å²) in [5.74, 6) is 1.32. The summed E-state index contributed by atoms with van der Waals surface area (Å²) in [4.78, 5) is 11.1. The molecule has 1 aromatic carbocycles. The number of unbranched alkanes of at least 4 members (excludes halogenated alkanes) is 1. The molecule has 5 heteroatoms. The molecule has 0 heterocycles. The largest absolute Gasteiger partial charge is 0.493 e. The van der Waals surface area contributed by atoms with Crippen LogP contribution in [0.2, 0.25) is 0 Å². The second kappa shape index (κ2) is 9.48. The molecule has 20 heavy (non-hydrogen) atoms. The zero-order chi connectivity index (χ0) is 14.8. The lowest BCUT2D eigenvalue weighted by Gasteiger charge is -2.12. The van der Waals surface area contributed by atoms with E-state index in [1.165, 1.54) is 0 Å². The number of hydrogen-bond donors (Lipinski definition) is 1. The van der Waals surface area contributed by atoms with Crippen LogP contribution in [0.1, 0.15) is 25.3 Å². The van der Waals surface area contributed by atoms with Crippen LogP contribution in [0.25, 0.3) is 0 Å². The Kier molecular flexibility index (Phi) is 7.88. The molecule has 0 atom stereocenters. The number of hydrogen-bond acceptors (Lipinski definition) is 3. The maximum Gasteiger partial charge on any atom is 0.234 e. The summed E-state index contributed by atoms with van der Waals surface area (Å²) in [7, 11) is 1.63. The highest BCUT2D eigenvalue weighted by Crippen LogP contribution is 2.28. The van der Waals surface area contributed by atoms with Crippen molar-refractivity contribution in [2.75, 3.05) is 26.1 Å². The van der Waals surface area contributed by atoms with E-state index in [1.54, 1.807) is 7.11 Å². The number of benzene rings is 1. The zero-order valence-corrected chi connectivity index (χ0v) is 12.8. The number of carbonyl (C=O) groups is 1. The fraction of sp³-hybridized carbons (Fsp3) is 0.533. The van der Waals surface area contributed by atoms with Gasteiger partial charge in [-0.25, -0.2) is 0 Å². The minimum absolute atomic E-state index is 0.00596. The first-order chi connectivity index (χ1) is 9.71. The number of halogens is 1. The highest BCUT2D eigenvalue weighted by Gasteiger charge is 2.06. The van der Waals surface area contributed by atoms with E-state index in [1.807, 2.05) is 18.2 Å². The lowest BCUT2D eigenvalue weighted by molar-refractivity contribution is -0.118. The summed E-state index contributed by atoms with van der Waals surface area (Å²) >= 11 is 5.42. The third-order valence-corrected chi connectivity index (χ3v) is 3.08. The standard InChI is InChI=1S/C15H22ClNO3/c1-3-4-9-20-14-10-12(5-6-13(14)19-2)7-8-17-15(18)11-16/h5-6,10H,3-4,7-9,11H2,1-2H3,(H,17,18). The van der Waals surface area contributed by atoms with Gasteiger partial charge in [0.05, 0.1) is 13.7 Å². The fourth-order valence-electron chi connectivity index (χ4n) is 1.71. The lowest BCUT2D eigenvalue weighted by Crippen LogP contribution is -2.26. The van der Waals surface area contributed by atoms with Crippen LogP contribution in [0.15, 0.2) is 18.2 Å². The van der Waals surface area contributed by atoms with Crippen LogP contribution in [0.5, 0.6) is 11.5 Å². The minimum Gasteiger partial charge on any atom is -0.493 e. The summed E-state index contributed by atoms with van der Waals surface area (Å²) in [6, 6.07) is 5.82. The Morgan fingerprint density at radius 3 is 2.80 bits per heavy atom. The van der Waals surface area contributed by atoms with Crippen molar-refractivity contribution >= 4 is 17.5 Å². The minimum atomic E-state index is -0.153. The molecule has 0 aliphatic rings. The summed E-state index contributed by atoms with van der Waals surface area (Å²) < 4.78 is 11.0.